The Kier molecular flexibility index (Phi) is 18.4. The lowest BCUT2D eigenvalue weighted by Gasteiger charge is -2.33. The van der Waals surface area contributed by atoms with Crippen LogP contribution in [-0.4, -0.2) is 126 Å². The summed E-state index contributed by atoms with van der Waals surface area (Å²) < 4.78 is 30.0. The Bertz CT molecular complexity index is 1630. The second kappa shape index (κ2) is 23.5. The summed E-state index contributed by atoms with van der Waals surface area (Å²) in [5, 5.41) is 8.86. The van der Waals surface area contributed by atoms with Gasteiger partial charge in [-0.05, 0) is 23.3 Å². The second-order valence-electron chi connectivity index (χ2n) is 11.9. The fourth-order valence-electron chi connectivity index (χ4n) is 5.19. The van der Waals surface area contributed by atoms with Crippen molar-refractivity contribution in [3.8, 4) is 5.88 Å². The van der Waals surface area contributed by atoms with Crippen molar-refractivity contribution in [2.75, 3.05) is 78.7 Å². The number of aliphatic hydroxyl groups excluding tert-OH is 1. The lowest BCUT2D eigenvalue weighted by molar-refractivity contribution is 0.0671. The highest BCUT2D eigenvalue weighted by molar-refractivity contribution is 9.10. The van der Waals surface area contributed by atoms with Crippen molar-refractivity contribution in [3.63, 3.8) is 0 Å². The van der Waals surface area contributed by atoms with Crippen LogP contribution in [0.5, 0.6) is 5.88 Å². The van der Waals surface area contributed by atoms with E-state index in [0.29, 0.717) is 62.9 Å². The quantitative estimate of drug-likeness (QED) is 0.188. The predicted molar refractivity (Wildman–Crippen MR) is 206 cm³/mol. The molecule has 6 rings (SSSR count). The van der Waals surface area contributed by atoms with Gasteiger partial charge in [0.05, 0.1) is 6.61 Å². The lowest BCUT2D eigenvalue weighted by Crippen LogP contribution is -2.49. The van der Waals surface area contributed by atoms with E-state index in [1.54, 1.807) is 22.1 Å². The van der Waals surface area contributed by atoms with Gasteiger partial charge < -0.3 is 29.1 Å². The molecule has 0 bridgehead atoms. The topological polar surface area (TPSA) is 121 Å². The molecule has 15 heteroatoms. The number of pyridine rings is 2. The van der Waals surface area contributed by atoms with Gasteiger partial charge in [-0.1, -0.05) is 92.5 Å². The zero-order chi connectivity index (χ0) is 37.7. The Labute approximate surface area is 326 Å². The summed E-state index contributed by atoms with van der Waals surface area (Å²) in [7, 11) is 0. The molecule has 0 aliphatic carbocycles. The Hall–Kier alpha value is -4.15. The first-order valence-electron chi connectivity index (χ1n) is 17.3. The highest BCUT2D eigenvalue weighted by atomic mass is 79.9. The predicted octanol–water partition coefficient (Wildman–Crippen LogP) is 6.09. The summed E-state index contributed by atoms with van der Waals surface area (Å²) in [6.45, 7) is 8.72. The number of ether oxygens (including phenoxy) is 3. The minimum atomic E-state index is -0.459. The van der Waals surface area contributed by atoms with Crippen LogP contribution < -0.4 is 4.74 Å². The smallest absolute Gasteiger partial charge is 0.410 e. The maximum Gasteiger partial charge on any atom is 0.410 e. The maximum absolute atomic E-state index is 12.2. The van der Waals surface area contributed by atoms with E-state index in [1.165, 1.54) is 12.3 Å². The molecule has 284 valence electrons. The largest absolute Gasteiger partial charge is 0.476 e. The standard InChI is InChI=1S/C19H22BrN3O3.C14H20N2O3.C5H3BrFN/c20-17-6-7-21-18(14-17)25-13-12-22-8-10-23(11-9-22)19(24)26-15-16-4-2-1-3-5-16;17-11-10-15-6-8-16(9-7-15)14(18)19-12-13-4-2-1-3-5-13;6-4-1-2-8-5(7)3-4/h1-7,14H,8-13,15H2;1-5,17H,6-12H2;1-3H. The van der Waals surface area contributed by atoms with E-state index in [4.69, 9.17) is 19.3 Å². The summed E-state index contributed by atoms with van der Waals surface area (Å²) >= 11 is 6.48. The maximum atomic E-state index is 12.2. The molecule has 0 atom stereocenters. The van der Waals surface area contributed by atoms with Crippen LogP contribution in [0.15, 0.2) is 106 Å². The number of hydrogen-bond donors (Lipinski definition) is 1. The van der Waals surface area contributed by atoms with Gasteiger partial charge in [0, 0.05) is 98.9 Å². The molecule has 2 aromatic carbocycles. The average Bonchev–Trinajstić information content (AvgIpc) is 3.18. The summed E-state index contributed by atoms with van der Waals surface area (Å²) in [5.74, 6) is 0.155. The van der Waals surface area contributed by atoms with Gasteiger partial charge in [0.15, 0.2) is 0 Å². The molecule has 0 radical (unpaired) electrons. The van der Waals surface area contributed by atoms with Crippen LogP contribution in [0.25, 0.3) is 0 Å². The normalized spacial score (nSPS) is 14.6. The van der Waals surface area contributed by atoms with Gasteiger partial charge in [0.2, 0.25) is 11.8 Å². The summed E-state index contributed by atoms with van der Waals surface area (Å²) in [5.41, 5.74) is 1.99. The van der Waals surface area contributed by atoms with Gasteiger partial charge in [0.1, 0.15) is 19.8 Å². The molecule has 0 unspecified atom stereocenters. The number of carbonyl (C=O) groups excluding carboxylic acids is 2. The number of carbonyl (C=O) groups is 2. The molecule has 4 aromatic rings. The molecular formula is C38H45Br2FN6O6. The fraction of sp³-hybridized carbons (Fsp3) is 0.368. The number of aromatic nitrogens is 2. The van der Waals surface area contributed by atoms with Crippen molar-refractivity contribution in [3.05, 3.63) is 123 Å². The van der Waals surface area contributed by atoms with Crippen molar-refractivity contribution in [2.24, 2.45) is 0 Å². The number of hydrogen-bond acceptors (Lipinski definition) is 10. The number of benzene rings is 2. The highest BCUT2D eigenvalue weighted by Gasteiger charge is 2.23. The van der Waals surface area contributed by atoms with Crippen molar-refractivity contribution in [2.45, 2.75) is 13.2 Å². The van der Waals surface area contributed by atoms with Crippen LogP contribution in [-0.2, 0) is 22.7 Å². The van der Waals surface area contributed by atoms with E-state index in [0.717, 1.165) is 48.3 Å². The third-order valence-electron chi connectivity index (χ3n) is 8.13. The molecule has 2 aliphatic heterocycles. The number of β-amino-alcohol motifs (C(OH)–C–C–N with tert-alkyl or cyclic N) is 1. The van der Waals surface area contributed by atoms with Crippen LogP contribution in [0.3, 0.4) is 0 Å². The Morgan fingerprint density at radius 1 is 0.660 bits per heavy atom. The zero-order valence-corrected chi connectivity index (χ0v) is 32.6. The summed E-state index contributed by atoms with van der Waals surface area (Å²) in [4.78, 5) is 39.4. The first-order chi connectivity index (χ1) is 25.8. The van der Waals surface area contributed by atoms with Gasteiger partial charge >= 0.3 is 12.2 Å². The van der Waals surface area contributed by atoms with E-state index in [2.05, 4.69) is 51.6 Å². The molecule has 4 heterocycles. The fourth-order valence-corrected chi connectivity index (χ4v) is 5.81. The number of rotatable bonds is 10. The van der Waals surface area contributed by atoms with Gasteiger partial charge in [0.25, 0.3) is 0 Å². The molecule has 2 fully saturated rings. The van der Waals surface area contributed by atoms with E-state index in [1.807, 2.05) is 72.8 Å². The number of halogens is 3. The molecule has 0 saturated carbocycles. The first kappa shape index (κ1) is 41.6. The molecule has 2 aliphatic rings. The van der Waals surface area contributed by atoms with Gasteiger partial charge in [-0.25, -0.2) is 19.6 Å². The van der Waals surface area contributed by atoms with Gasteiger partial charge in [-0.2, -0.15) is 4.39 Å². The lowest BCUT2D eigenvalue weighted by atomic mass is 10.2. The Morgan fingerprint density at radius 2 is 1.13 bits per heavy atom. The van der Waals surface area contributed by atoms with Crippen LogP contribution >= 0.6 is 31.9 Å². The number of aliphatic hydroxyl groups is 1. The molecule has 12 nitrogen and oxygen atoms in total. The van der Waals surface area contributed by atoms with Crippen molar-refractivity contribution < 1.29 is 33.3 Å². The number of nitrogens with zero attached hydrogens (tertiary/aromatic N) is 6. The van der Waals surface area contributed by atoms with E-state index < -0.39 is 5.95 Å². The van der Waals surface area contributed by atoms with Crippen molar-refractivity contribution >= 4 is 44.0 Å². The van der Waals surface area contributed by atoms with E-state index in [9.17, 15) is 14.0 Å². The molecular weight excluding hydrogens is 815 g/mol. The van der Waals surface area contributed by atoms with Crippen LogP contribution in [0.4, 0.5) is 14.0 Å². The van der Waals surface area contributed by atoms with Crippen molar-refractivity contribution in [1.82, 2.24) is 29.6 Å². The molecule has 2 amide bonds. The minimum absolute atomic E-state index is 0.165. The molecule has 53 heavy (non-hydrogen) atoms. The Balaban J connectivity index is 0.000000202. The molecule has 0 spiro atoms. The van der Waals surface area contributed by atoms with E-state index in [-0.39, 0.29) is 18.8 Å². The zero-order valence-electron chi connectivity index (χ0n) is 29.4. The Morgan fingerprint density at radius 3 is 1.57 bits per heavy atom. The highest BCUT2D eigenvalue weighted by Crippen LogP contribution is 2.15. The monoisotopic (exact) mass is 858 g/mol. The van der Waals surface area contributed by atoms with Crippen LogP contribution in [0.1, 0.15) is 11.1 Å². The summed E-state index contributed by atoms with van der Waals surface area (Å²) in [6.07, 6.45) is 2.61. The van der Waals surface area contributed by atoms with Gasteiger partial charge in [-0.15, -0.1) is 0 Å². The van der Waals surface area contributed by atoms with Gasteiger partial charge in [-0.3, -0.25) is 9.80 Å². The molecule has 2 aromatic heterocycles. The van der Waals surface area contributed by atoms with Crippen LogP contribution in [0.2, 0.25) is 0 Å². The second-order valence-corrected chi connectivity index (χ2v) is 13.8. The van der Waals surface area contributed by atoms with Crippen LogP contribution in [0, 0.1) is 5.95 Å². The van der Waals surface area contributed by atoms with E-state index >= 15 is 0 Å². The average molecular weight is 861 g/mol. The first-order valence-corrected chi connectivity index (χ1v) is 18.9. The number of piperazine rings is 2. The molecule has 1 N–H and O–H groups in total. The molecule has 2 saturated heterocycles. The third-order valence-corrected chi connectivity index (χ3v) is 9.12. The third kappa shape index (κ3) is 16.2. The SMILES string of the molecule is Fc1cc(Br)ccn1.O=C(OCc1ccccc1)N1CCN(CCO)CC1.O=C(OCc1ccccc1)N1CCN(CCOc2cc(Br)ccn2)CC1. The summed E-state index contributed by atoms with van der Waals surface area (Å²) in [6, 6.07) is 26.1. The number of amides is 2. The van der Waals surface area contributed by atoms with Crippen molar-refractivity contribution in [1.29, 1.82) is 0 Å². The minimum Gasteiger partial charge on any atom is -0.476 e.